The summed E-state index contributed by atoms with van der Waals surface area (Å²) in [6.45, 7) is 2.23. The van der Waals surface area contributed by atoms with Gasteiger partial charge in [-0.3, -0.25) is 5.10 Å². The molecular weight excluding hydrogens is 391 g/mol. The summed E-state index contributed by atoms with van der Waals surface area (Å²) in [6, 6.07) is 11.9. The number of H-pyrrole nitrogens is 1. The summed E-state index contributed by atoms with van der Waals surface area (Å²) in [7, 11) is 1.56. The number of hydrogen-bond donors (Lipinski definition) is 1. The number of aromatic amines is 1. The van der Waals surface area contributed by atoms with Gasteiger partial charge in [0.2, 0.25) is 4.77 Å². The Balaban J connectivity index is 1.75. The van der Waals surface area contributed by atoms with Gasteiger partial charge in [-0.1, -0.05) is 31.5 Å². The van der Waals surface area contributed by atoms with Crippen LogP contribution in [0.1, 0.15) is 36.7 Å². The van der Waals surface area contributed by atoms with Crippen LogP contribution >= 0.6 is 12.2 Å². The third kappa shape index (κ3) is 5.29. The third-order valence-corrected chi connectivity index (χ3v) is 4.59. The van der Waals surface area contributed by atoms with Gasteiger partial charge in [-0.25, -0.2) is 4.39 Å². The molecule has 3 rings (SSSR count). The third-order valence-electron chi connectivity index (χ3n) is 4.32. The highest BCUT2D eigenvalue weighted by Gasteiger charge is 2.08. The van der Waals surface area contributed by atoms with E-state index in [9.17, 15) is 4.39 Å². The second kappa shape index (κ2) is 9.97. The SMILES string of the molecule is CCCCc1n[nH]c(=S)n1/N=C/c1ccc(OCc2ccccc2F)c(OC)c1. The first kappa shape index (κ1) is 20.7. The summed E-state index contributed by atoms with van der Waals surface area (Å²) in [5.74, 6) is 1.56. The molecule has 152 valence electrons. The summed E-state index contributed by atoms with van der Waals surface area (Å²) in [5, 5.41) is 11.5. The zero-order valence-electron chi connectivity index (χ0n) is 16.4. The number of benzene rings is 2. The number of methoxy groups -OCH3 is 1. The fraction of sp³-hybridized carbons (Fsp3) is 0.286. The summed E-state index contributed by atoms with van der Waals surface area (Å²) >= 11 is 5.26. The molecule has 0 aliphatic carbocycles. The molecule has 29 heavy (non-hydrogen) atoms. The fourth-order valence-electron chi connectivity index (χ4n) is 2.72. The minimum Gasteiger partial charge on any atom is -0.493 e. The molecule has 0 aliphatic rings. The smallest absolute Gasteiger partial charge is 0.216 e. The number of nitrogens with zero attached hydrogens (tertiary/aromatic N) is 3. The number of unbranched alkanes of at least 4 members (excludes halogenated alkanes) is 1. The molecule has 0 bridgehead atoms. The van der Waals surface area contributed by atoms with Crippen LogP contribution in [0.3, 0.4) is 0 Å². The standard InChI is InChI=1S/C21H23FN4O2S/c1-3-4-9-20-24-25-21(29)26(20)23-13-15-10-11-18(19(12-15)27-2)28-14-16-7-5-6-8-17(16)22/h5-8,10-13H,3-4,9,14H2,1-2H3,(H,25,29)/b23-13+. The van der Waals surface area contributed by atoms with Crippen molar-refractivity contribution < 1.29 is 13.9 Å². The molecule has 6 nitrogen and oxygen atoms in total. The highest BCUT2D eigenvalue weighted by Crippen LogP contribution is 2.28. The Morgan fingerprint density at radius 2 is 2.07 bits per heavy atom. The maximum absolute atomic E-state index is 13.8. The minimum absolute atomic E-state index is 0.113. The number of aromatic nitrogens is 3. The molecule has 0 atom stereocenters. The summed E-state index contributed by atoms with van der Waals surface area (Å²) < 4.78 is 27.0. The van der Waals surface area contributed by atoms with Gasteiger partial charge in [0.1, 0.15) is 12.4 Å². The number of halogens is 1. The Morgan fingerprint density at radius 1 is 1.24 bits per heavy atom. The highest BCUT2D eigenvalue weighted by molar-refractivity contribution is 7.71. The maximum Gasteiger partial charge on any atom is 0.216 e. The number of nitrogens with one attached hydrogen (secondary N) is 1. The van der Waals surface area contributed by atoms with Crippen molar-refractivity contribution in [1.29, 1.82) is 0 Å². The summed E-state index contributed by atoms with van der Waals surface area (Å²) in [6.07, 6.45) is 4.56. The molecule has 1 heterocycles. The predicted molar refractivity (Wildman–Crippen MR) is 113 cm³/mol. The van der Waals surface area contributed by atoms with Crippen LogP contribution < -0.4 is 9.47 Å². The highest BCUT2D eigenvalue weighted by atomic mass is 32.1. The van der Waals surface area contributed by atoms with Crippen molar-refractivity contribution in [2.24, 2.45) is 5.10 Å². The van der Waals surface area contributed by atoms with Gasteiger partial charge in [-0.15, -0.1) is 0 Å². The quantitative estimate of drug-likeness (QED) is 0.400. The predicted octanol–water partition coefficient (Wildman–Crippen LogP) is 4.89. The zero-order chi connectivity index (χ0) is 20.6. The van der Waals surface area contributed by atoms with E-state index in [-0.39, 0.29) is 12.4 Å². The number of ether oxygens (including phenoxy) is 2. The van der Waals surface area contributed by atoms with Crippen LogP contribution in [0, 0.1) is 10.6 Å². The Labute approximate surface area is 174 Å². The van der Waals surface area contributed by atoms with Crippen LogP contribution in [0.15, 0.2) is 47.6 Å². The lowest BCUT2D eigenvalue weighted by atomic mass is 10.2. The van der Waals surface area contributed by atoms with Crippen molar-refractivity contribution in [2.45, 2.75) is 32.8 Å². The van der Waals surface area contributed by atoms with Crippen LogP contribution in [0.5, 0.6) is 11.5 Å². The zero-order valence-corrected chi connectivity index (χ0v) is 17.2. The Bertz CT molecular complexity index is 1050. The van der Waals surface area contributed by atoms with Crippen LogP contribution in [0.25, 0.3) is 0 Å². The minimum atomic E-state index is -0.300. The van der Waals surface area contributed by atoms with E-state index in [1.54, 1.807) is 48.3 Å². The van der Waals surface area contributed by atoms with E-state index >= 15 is 0 Å². The maximum atomic E-state index is 13.8. The van der Waals surface area contributed by atoms with Crippen LogP contribution in [-0.2, 0) is 13.0 Å². The van der Waals surface area contributed by atoms with E-state index in [2.05, 4.69) is 22.2 Å². The van der Waals surface area contributed by atoms with Crippen LogP contribution in [-0.4, -0.2) is 28.2 Å². The van der Waals surface area contributed by atoms with Crippen molar-refractivity contribution in [3.63, 3.8) is 0 Å². The number of aryl methyl sites for hydroxylation is 1. The van der Waals surface area contributed by atoms with Gasteiger partial charge in [-0.05, 0) is 48.5 Å². The van der Waals surface area contributed by atoms with Crippen LogP contribution in [0.2, 0.25) is 0 Å². The van der Waals surface area contributed by atoms with E-state index in [1.807, 2.05) is 6.07 Å². The van der Waals surface area contributed by atoms with Crippen molar-refractivity contribution in [1.82, 2.24) is 14.9 Å². The molecular formula is C21H23FN4O2S. The molecule has 0 spiro atoms. The second-order valence-electron chi connectivity index (χ2n) is 6.40. The second-order valence-corrected chi connectivity index (χ2v) is 6.78. The van der Waals surface area contributed by atoms with Gasteiger partial charge in [0, 0.05) is 12.0 Å². The molecule has 0 saturated heterocycles. The van der Waals surface area contributed by atoms with E-state index in [1.165, 1.54) is 6.07 Å². The van der Waals surface area contributed by atoms with E-state index in [0.717, 1.165) is 30.7 Å². The van der Waals surface area contributed by atoms with Gasteiger partial charge in [0.15, 0.2) is 17.3 Å². The first-order chi connectivity index (χ1) is 14.1. The normalized spacial score (nSPS) is 11.1. The average molecular weight is 415 g/mol. The molecule has 0 unspecified atom stereocenters. The van der Waals surface area contributed by atoms with E-state index < -0.39 is 0 Å². The molecule has 0 saturated carbocycles. The Hall–Kier alpha value is -3.00. The average Bonchev–Trinajstić information content (AvgIpc) is 3.09. The van der Waals surface area contributed by atoms with E-state index in [0.29, 0.717) is 21.8 Å². The van der Waals surface area contributed by atoms with Crippen LogP contribution in [0.4, 0.5) is 4.39 Å². The molecule has 3 aromatic rings. The van der Waals surface area contributed by atoms with Crippen molar-refractivity contribution in [2.75, 3.05) is 7.11 Å². The molecule has 0 radical (unpaired) electrons. The van der Waals surface area contributed by atoms with E-state index in [4.69, 9.17) is 21.7 Å². The largest absolute Gasteiger partial charge is 0.493 e. The molecule has 0 aliphatic heterocycles. The topological polar surface area (TPSA) is 64.4 Å². The molecule has 0 fully saturated rings. The lowest BCUT2D eigenvalue weighted by molar-refractivity contribution is 0.279. The monoisotopic (exact) mass is 414 g/mol. The first-order valence-corrected chi connectivity index (χ1v) is 9.78. The molecule has 1 aromatic heterocycles. The fourth-order valence-corrected chi connectivity index (χ4v) is 2.92. The van der Waals surface area contributed by atoms with Crippen molar-refractivity contribution in [3.8, 4) is 11.5 Å². The van der Waals surface area contributed by atoms with Gasteiger partial charge < -0.3 is 9.47 Å². The summed E-state index contributed by atoms with van der Waals surface area (Å²) in [4.78, 5) is 0. The number of rotatable bonds is 9. The molecule has 8 heteroatoms. The van der Waals surface area contributed by atoms with Gasteiger partial charge in [0.25, 0.3) is 0 Å². The molecule has 1 N–H and O–H groups in total. The number of hydrogen-bond acceptors (Lipinski definition) is 5. The lowest BCUT2D eigenvalue weighted by Crippen LogP contribution is -2.01. The summed E-state index contributed by atoms with van der Waals surface area (Å²) in [5.41, 5.74) is 1.29. The van der Waals surface area contributed by atoms with Gasteiger partial charge in [-0.2, -0.15) is 14.9 Å². The lowest BCUT2D eigenvalue weighted by Gasteiger charge is -2.11. The van der Waals surface area contributed by atoms with Gasteiger partial charge in [0.05, 0.1) is 13.3 Å². The first-order valence-electron chi connectivity index (χ1n) is 9.37. The van der Waals surface area contributed by atoms with Gasteiger partial charge >= 0.3 is 0 Å². The van der Waals surface area contributed by atoms with Crippen molar-refractivity contribution in [3.05, 3.63) is 70.0 Å². The molecule has 0 amide bonds. The molecule has 2 aromatic carbocycles. The van der Waals surface area contributed by atoms with Crippen molar-refractivity contribution >= 4 is 18.4 Å². The Morgan fingerprint density at radius 3 is 2.83 bits per heavy atom. The Kier molecular flexibility index (Phi) is 7.13.